The number of carbonyl (C=O) groups excluding carboxylic acids is 1. The maximum atomic E-state index is 13.2. The first kappa shape index (κ1) is 13.0. The molecule has 3 aliphatic carbocycles. The van der Waals surface area contributed by atoms with Crippen molar-refractivity contribution in [2.24, 2.45) is 10.8 Å². The molecule has 4 fully saturated rings. The van der Waals surface area contributed by atoms with E-state index in [1.54, 1.807) is 0 Å². The molecule has 3 saturated carbocycles. The zero-order valence-corrected chi connectivity index (χ0v) is 11.7. The molecule has 1 spiro atoms. The molecule has 1 aliphatic heterocycles. The summed E-state index contributed by atoms with van der Waals surface area (Å²) in [6.45, 7) is 0.908. The lowest BCUT2D eigenvalue weighted by Crippen LogP contribution is -2.56. The molecular weight excluding hydrogens is 262 g/mol. The lowest BCUT2D eigenvalue weighted by molar-refractivity contribution is -0.135. The molecule has 20 heavy (non-hydrogen) atoms. The highest BCUT2D eigenvalue weighted by Gasteiger charge is 2.75. The van der Waals surface area contributed by atoms with Gasteiger partial charge in [-0.1, -0.05) is 12.8 Å². The van der Waals surface area contributed by atoms with Gasteiger partial charge in [0.05, 0.1) is 5.41 Å². The molecule has 112 valence electrons. The zero-order valence-electron chi connectivity index (χ0n) is 11.7. The molecule has 2 atom stereocenters. The monoisotopic (exact) mass is 284 g/mol. The van der Waals surface area contributed by atoms with E-state index in [1.165, 1.54) is 6.42 Å². The maximum absolute atomic E-state index is 13.2. The van der Waals surface area contributed by atoms with Crippen molar-refractivity contribution in [1.82, 2.24) is 10.6 Å². The van der Waals surface area contributed by atoms with E-state index in [0.717, 1.165) is 32.2 Å². The quantitative estimate of drug-likeness (QED) is 0.816. The molecule has 0 radical (unpaired) electrons. The molecule has 3 nitrogen and oxygen atoms in total. The molecule has 0 unspecified atom stereocenters. The van der Waals surface area contributed by atoms with Gasteiger partial charge in [-0.3, -0.25) is 4.79 Å². The number of amides is 1. The predicted octanol–water partition coefficient (Wildman–Crippen LogP) is 2.21. The molecule has 4 rings (SSSR count). The summed E-state index contributed by atoms with van der Waals surface area (Å²) in [5, 5.41) is 6.52. The van der Waals surface area contributed by atoms with Crippen molar-refractivity contribution in [3.63, 3.8) is 0 Å². The van der Waals surface area contributed by atoms with Crippen LogP contribution in [0.15, 0.2) is 0 Å². The molecule has 0 aromatic rings. The smallest absolute Gasteiger partial charge is 0.254 e. The van der Waals surface area contributed by atoms with Gasteiger partial charge in [0, 0.05) is 23.9 Å². The Kier molecular flexibility index (Phi) is 2.55. The van der Waals surface area contributed by atoms with Crippen LogP contribution >= 0.6 is 0 Å². The Balaban J connectivity index is 1.39. The lowest BCUT2D eigenvalue weighted by Gasteiger charge is -2.42. The van der Waals surface area contributed by atoms with E-state index in [-0.39, 0.29) is 23.8 Å². The lowest BCUT2D eigenvalue weighted by atomic mass is 9.69. The number of fused-ring (bicyclic) bond motifs is 1. The predicted molar refractivity (Wildman–Crippen MR) is 70.5 cm³/mol. The van der Waals surface area contributed by atoms with Crippen molar-refractivity contribution in [3.8, 4) is 0 Å². The average molecular weight is 284 g/mol. The van der Waals surface area contributed by atoms with Crippen LogP contribution in [0.5, 0.6) is 0 Å². The minimum absolute atomic E-state index is 0.0200. The first-order chi connectivity index (χ1) is 9.48. The molecule has 1 amide bonds. The van der Waals surface area contributed by atoms with Crippen LogP contribution in [0.25, 0.3) is 0 Å². The second-order valence-electron chi connectivity index (χ2n) is 7.40. The van der Waals surface area contributed by atoms with Gasteiger partial charge in [0.2, 0.25) is 5.91 Å². The van der Waals surface area contributed by atoms with E-state index < -0.39 is 11.3 Å². The van der Waals surface area contributed by atoms with E-state index in [0.29, 0.717) is 18.9 Å². The van der Waals surface area contributed by atoms with Crippen molar-refractivity contribution in [1.29, 1.82) is 0 Å². The molecule has 4 aliphatic rings. The topological polar surface area (TPSA) is 41.1 Å². The van der Waals surface area contributed by atoms with Gasteiger partial charge in [-0.2, -0.15) is 0 Å². The Bertz CT molecular complexity index is 447. The fourth-order valence-corrected chi connectivity index (χ4v) is 4.83. The summed E-state index contributed by atoms with van der Waals surface area (Å²) in [5.74, 6) is -2.34. The van der Waals surface area contributed by atoms with Crippen LogP contribution in [0.4, 0.5) is 8.78 Å². The fourth-order valence-electron chi connectivity index (χ4n) is 4.83. The van der Waals surface area contributed by atoms with Crippen molar-refractivity contribution in [2.45, 2.75) is 69.4 Å². The molecule has 0 bridgehead atoms. The summed E-state index contributed by atoms with van der Waals surface area (Å²) in [5.41, 5.74) is -1.00. The Morgan fingerprint density at radius 2 is 1.95 bits per heavy atom. The normalized spacial score (nSPS) is 48.5. The summed E-state index contributed by atoms with van der Waals surface area (Å²) < 4.78 is 26.4. The third kappa shape index (κ3) is 1.62. The Morgan fingerprint density at radius 3 is 2.65 bits per heavy atom. The van der Waals surface area contributed by atoms with Gasteiger partial charge in [-0.25, -0.2) is 8.78 Å². The SMILES string of the molecule is O=C(NC1CC2(C1)CC2(F)F)[C@@]12CCCC[C@@H]1NCC2. The average Bonchev–Trinajstić information content (AvgIpc) is 2.77. The van der Waals surface area contributed by atoms with Crippen molar-refractivity contribution in [3.05, 3.63) is 0 Å². The van der Waals surface area contributed by atoms with Crippen LogP contribution in [0.1, 0.15) is 51.4 Å². The summed E-state index contributed by atoms with van der Waals surface area (Å²) in [6, 6.07) is 0.279. The third-order valence-corrected chi connectivity index (χ3v) is 6.27. The van der Waals surface area contributed by atoms with E-state index in [9.17, 15) is 13.6 Å². The van der Waals surface area contributed by atoms with Crippen molar-refractivity contribution in [2.75, 3.05) is 6.54 Å². The summed E-state index contributed by atoms with van der Waals surface area (Å²) in [6.07, 6.45) is 6.19. The number of hydrogen-bond donors (Lipinski definition) is 2. The van der Waals surface area contributed by atoms with Gasteiger partial charge in [-0.05, 0) is 38.6 Å². The molecule has 5 heteroatoms. The van der Waals surface area contributed by atoms with Crippen LogP contribution < -0.4 is 10.6 Å². The first-order valence-electron chi connectivity index (χ1n) is 7.90. The Labute approximate surface area is 117 Å². The fraction of sp³-hybridized carbons (Fsp3) is 0.933. The maximum Gasteiger partial charge on any atom is 0.254 e. The highest BCUT2D eigenvalue weighted by Crippen LogP contribution is 2.71. The van der Waals surface area contributed by atoms with Crippen LogP contribution in [0.3, 0.4) is 0 Å². The summed E-state index contributed by atoms with van der Waals surface area (Å²) in [7, 11) is 0. The van der Waals surface area contributed by atoms with Crippen LogP contribution in [0.2, 0.25) is 0 Å². The highest BCUT2D eigenvalue weighted by molar-refractivity contribution is 5.84. The number of alkyl halides is 2. The molecule has 0 aromatic carbocycles. The second kappa shape index (κ2) is 3.93. The first-order valence-corrected chi connectivity index (χ1v) is 7.90. The van der Waals surface area contributed by atoms with Crippen LogP contribution in [-0.4, -0.2) is 30.5 Å². The molecule has 1 heterocycles. The standard InChI is InChI=1S/C15H22F2N2O/c16-15(17)9-13(15)7-10(8-13)19-12(20)14-4-2-1-3-11(14)18-6-5-14/h10-11,18H,1-9H2,(H,19,20)/t10?,11-,13?,14+/m0/s1. The Hall–Kier alpha value is -0.710. The van der Waals surface area contributed by atoms with E-state index in [4.69, 9.17) is 0 Å². The van der Waals surface area contributed by atoms with E-state index in [1.807, 2.05) is 0 Å². The number of hydrogen-bond acceptors (Lipinski definition) is 2. The van der Waals surface area contributed by atoms with Gasteiger partial charge in [0.1, 0.15) is 0 Å². The van der Waals surface area contributed by atoms with Crippen molar-refractivity contribution >= 4 is 5.91 Å². The van der Waals surface area contributed by atoms with Gasteiger partial charge >= 0.3 is 0 Å². The largest absolute Gasteiger partial charge is 0.353 e. The summed E-state index contributed by atoms with van der Waals surface area (Å²) in [4.78, 5) is 12.7. The minimum Gasteiger partial charge on any atom is -0.353 e. The molecule has 0 aromatic heterocycles. The molecular formula is C15H22F2N2O. The zero-order chi connectivity index (χ0) is 14.0. The highest BCUT2D eigenvalue weighted by atomic mass is 19.3. The van der Waals surface area contributed by atoms with E-state index >= 15 is 0 Å². The molecule has 1 saturated heterocycles. The minimum atomic E-state index is -2.46. The van der Waals surface area contributed by atoms with Crippen molar-refractivity contribution < 1.29 is 13.6 Å². The van der Waals surface area contributed by atoms with Crippen LogP contribution in [-0.2, 0) is 4.79 Å². The number of rotatable bonds is 2. The molecule has 2 N–H and O–H groups in total. The van der Waals surface area contributed by atoms with Gasteiger partial charge < -0.3 is 10.6 Å². The Morgan fingerprint density at radius 1 is 1.20 bits per heavy atom. The number of halogens is 2. The third-order valence-electron chi connectivity index (χ3n) is 6.27. The van der Waals surface area contributed by atoms with Gasteiger partial charge in [-0.15, -0.1) is 0 Å². The summed E-state index contributed by atoms with van der Waals surface area (Å²) >= 11 is 0. The van der Waals surface area contributed by atoms with E-state index in [2.05, 4.69) is 10.6 Å². The second-order valence-corrected chi connectivity index (χ2v) is 7.40. The van der Waals surface area contributed by atoms with Gasteiger partial charge in [0.25, 0.3) is 5.92 Å². The van der Waals surface area contributed by atoms with Crippen LogP contribution in [0, 0.1) is 10.8 Å². The number of nitrogens with one attached hydrogen (secondary N) is 2. The van der Waals surface area contributed by atoms with Gasteiger partial charge in [0.15, 0.2) is 0 Å². The number of carbonyl (C=O) groups is 1.